The number of nitrogens with two attached hydrogens (primary N) is 1. The van der Waals surface area contributed by atoms with Gasteiger partial charge in [0.15, 0.2) is 0 Å². The molecule has 1 aromatic rings. The molecule has 1 rings (SSSR count). The Morgan fingerprint density at radius 1 is 1.39 bits per heavy atom. The summed E-state index contributed by atoms with van der Waals surface area (Å²) < 4.78 is 5.73. The van der Waals surface area contributed by atoms with Gasteiger partial charge in [0.1, 0.15) is 11.9 Å². The van der Waals surface area contributed by atoms with Crippen LogP contribution in [0.15, 0.2) is 18.2 Å². The lowest BCUT2D eigenvalue weighted by molar-refractivity contribution is 0.0881. The Morgan fingerprint density at radius 3 is 2.56 bits per heavy atom. The molecular weight excluding hydrogens is 250 g/mol. The highest BCUT2D eigenvalue weighted by molar-refractivity contribution is 6.31. The van der Waals surface area contributed by atoms with Gasteiger partial charge in [0.05, 0.1) is 6.61 Å². The number of hydrogen-bond acceptors (Lipinski definition) is 3. The third-order valence-electron chi connectivity index (χ3n) is 2.82. The van der Waals surface area contributed by atoms with Crippen molar-refractivity contribution in [2.45, 2.75) is 39.3 Å². The van der Waals surface area contributed by atoms with Crippen molar-refractivity contribution in [1.29, 1.82) is 0 Å². The fraction of sp³-hybridized carbons (Fsp3) is 0.571. The number of hydrogen-bond donors (Lipinski definition) is 2. The Balaban J connectivity index is 2.70. The Kier molecular flexibility index (Phi) is 5.93. The van der Waals surface area contributed by atoms with Crippen LogP contribution >= 0.6 is 11.6 Å². The first-order chi connectivity index (χ1) is 8.43. The van der Waals surface area contributed by atoms with Crippen LogP contribution < -0.4 is 10.5 Å². The number of halogens is 1. The van der Waals surface area contributed by atoms with E-state index in [1.807, 2.05) is 13.0 Å². The number of ether oxygens (including phenoxy) is 1. The van der Waals surface area contributed by atoms with Gasteiger partial charge < -0.3 is 15.6 Å². The zero-order valence-electron chi connectivity index (χ0n) is 11.2. The average molecular weight is 272 g/mol. The van der Waals surface area contributed by atoms with Crippen molar-refractivity contribution < 1.29 is 9.84 Å². The molecule has 0 aromatic heterocycles. The first kappa shape index (κ1) is 15.3. The van der Waals surface area contributed by atoms with Crippen molar-refractivity contribution in [3.63, 3.8) is 0 Å². The highest BCUT2D eigenvalue weighted by Crippen LogP contribution is 2.22. The van der Waals surface area contributed by atoms with Gasteiger partial charge in [-0.25, -0.2) is 0 Å². The van der Waals surface area contributed by atoms with Crippen LogP contribution in [0, 0.1) is 12.8 Å². The van der Waals surface area contributed by atoms with Gasteiger partial charge in [-0.1, -0.05) is 25.4 Å². The standard InChI is InChI=1S/C14H22ClNO2/c1-9(2)6-13(16)14(8-17)18-11-4-5-12(15)10(3)7-11/h4-5,7,9,13-14,17H,6,8,16H2,1-3H3. The van der Waals surface area contributed by atoms with Crippen LogP contribution in [-0.4, -0.2) is 23.9 Å². The van der Waals surface area contributed by atoms with Crippen molar-refractivity contribution in [3.8, 4) is 5.75 Å². The normalized spacial score (nSPS) is 14.6. The summed E-state index contributed by atoms with van der Waals surface area (Å²) in [5.74, 6) is 1.17. The van der Waals surface area contributed by atoms with Gasteiger partial charge in [0.2, 0.25) is 0 Å². The topological polar surface area (TPSA) is 55.5 Å². The Hall–Kier alpha value is -0.770. The number of aliphatic hydroxyl groups excluding tert-OH is 1. The van der Waals surface area contributed by atoms with E-state index in [4.69, 9.17) is 22.1 Å². The van der Waals surface area contributed by atoms with E-state index in [-0.39, 0.29) is 18.8 Å². The zero-order valence-corrected chi connectivity index (χ0v) is 11.9. The number of benzene rings is 1. The van der Waals surface area contributed by atoms with Crippen LogP contribution in [-0.2, 0) is 0 Å². The highest BCUT2D eigenvalue weighted by Gasteiger charge is 2.20. The Bertz CT molecular complexity index is 382. The minimum Gasteiger partial charge on any atom is -0.486 e. The van der Waals surface area contributed by atoms with E-state index in [1.165, 1.54) is 0 Å². The van der Waals surface area contributed by atoms with Gasteiger partial charge in [-0.05, 0) is 43.0 Å². The molecule has 0 radical (unpaired) electrons. The lowest BCUT2D eigenvalue weighted by atomic mass is 10.0. The second-order valence-corrected chi connectivity index (χ2v) is 5.45. The summed E-state index contributed by atoms with van der Waals surface area (Å²) >= 11 is 5.95. The number of rotatable bonds is 6. The average Bonchev–Trinajstić information content (AvgIpc) is 2.29. The van der Waals surface area contributed by atoms with Crippen molar-refractivity contribution in [2.24, 2.45) is 11.7 Å². The van der Waals surface area contributed by atoms with E-state index in [0.29, 0.717) is 16.7 Å². The predicted molar refractivity (Wildman–Crippen MR) is 75.1 cm³/mol. The molecule has 0 heterocycles. The van der Waals surface area contributed by atoms with Gasteiger partial charge in [-0.3, -0.25) is 0 Å². The molecule has 102 valence electrons. The van der Waals surface area contributed by atoms with Crippen LogP contribution in [0.1, 0.15) is 25.8 Å². The van der Waals surface area contributed by atoms with E-state index in [9.17, 15) is 5.11 Å². The third kappa shape index (κ3) is 4.48. The summed E-state index contributed by atoms with van der Waals surface area (Å²) in [5.41, 5.74) is 6.98. The van der Waals surface area contributed by atoms with Crippen LogP contribution in [0.25, 0.3) is 0 Å². The molecule has 1 aromatic carbocycles. The summed E-state index contributed by atoms with van der Waals surface area (Å²) in [7, 11) is 0. The number of aryl methyl sites for hydroxylation is 1. The Labute approximate surface area is 114 Å². The summed E-state index contributed by atoms with van der Waals surface area (Å²) in [5, 5.41) is 10.1. The minimum atomic E-state index is -0.382. The molecular formula is C14H22ClNO2. The van der Waals surface area contributed by atoms with Crippen LogP contribution in [0.2, 0.25) is 5.02 Å². The second-order valence-electron chi connectivity index (χ2n) is 5.04. The number of aliphatic hydroxyl groups is 1. The summed E-state index contributed by atoms with van der Waals surface area (Å²) in [6.07, 6.45) is 0.436. The van der Waals surface area contributed by atoms with Crippen molar-refractivity contribution in [1.82, 2.24) is 0 Å². The molecule has 0 spiro atoms. The fourth-order valence-electron chi connectivity index (χ4n) is 1.82. The Morgan fingerprint density at radius 2 is 2.06 bits per heavy atom. The van der Waals surface area contributed by atoms with Crippen LogP contribution in [0.3, 0.4) is 0 Å². The SMILES string of the molecule is Cc1cc(OC(CO)C(N)CC(C)C)ccc1Cl. The smallest absolute Gasteiger partial charge is 0.137 e. The maximum atomic E-state index is 9.36. The van der Waals surface area contributed by atoms with Crippen LogP contribution in [0.5, 0.6) is 5.75 Å². The predicted octanol–water partition coefficient (Wildman–Crippen LogP) is 2.76. The van der Waals surface area contributed by atoms with Crippen molar-refractivity contribution in [3.05, 3.63) is 28.8 Å². The quantitative estimate of drug-likeness (QED) is 0.836. The molecule has 0 amide bonds. The lowest BCUT2D eigenvalue weighted by Gasteiger charge is -2.24. The monoisotopic (exact) mass is 271 g/mol. The van der Waals surface area contributed by atoms with Gasteiger partial charge in [-0.15, -0.1) is 0 Å². The van der Waals surface area contributed by atoms with E-state index in [0.717, 1.165) is 12.0 Å². The molecule has 3 N–H and O–H groups in total. The molecule has 2 atom stereocenters. The largest absolute Gasteiger partial charge is 0.486 e. The lowest BCUT2D eigenvalue weighted by Crippen LogP contribution is -2.42. The molecule has 0 bridgehead atoms. The van der Waals surface area contributed by atoms with Gasteiger partial charge >= 0.3 is 0 Å². The minimum absolute atomic E-state index is 0.0877. The molecule has 18 heavy (non-hydrogen) atoms. The van der Waals surface area contributed by atoms with Gasteiger partial charge in [-0.2, -0.15) is 0 Å². The maximum absolute atomic E-state index is 9.36. The molecule has 0 saturated heterocycles. The molecule has 0 aliphatic rings. The fourth-order valence-corrected chi connectivity index (χ4v) is 1.94. The second kappa shape index (κ2) is 6.98. The molecule has 3 nitrogen and oxygen atoms in total. The molecule has 2 unspecified atom stereocenters. The first-order valence-corrected chi connectivity index (χ1v) is 6.61. The van der Waals surface area contributed by atoms with Crippen molar-refractivity contribution >= 4 is 11.6 Å². The summed E-state index contributed by atoms with van der Waals surface area (Å²) in [4.78, 5) is 0. The maximum Gasteiger partial charge on any atom is 0.137 e. The molecule has 0 saturated carbocycles. The molecule has 0 aliphatic heterocycles. The molecule has 4 heteroatoms. The molecule has 0 fully saturated rings. The van der Waals surface area contributed by atoms with Gasteiger partial charge in [0, 0.05) is 11.1 Å². The van der Waals surface area contributed by atoms with Gasteiger partial charge in [0.25, 0.3) is 0 Å². The summed E-state index contributed by atoms with van der Waals surface area (Å²) in [6.45, 7) is 6.02. The zero-order chi connectivity index (χ0) is 13.7. The van der Waals surface area contributed by atoms with E-state index in [2.05, 4.69) is 13.8 Å². The highest BCUT2D eigenvalue weighted by atomic mass is 35.5. The molecule has 0 aliphatic carbocycles. The summed E-state index contributed by atoms with van der Waals surface area (Å²) in [6, 6.07) is 5.26. The first-order valence-electron chi connectivity index (χ1n) is 6.23. The van der Waals surface area contributed by atoms with Crippen LogP contribution in [0.4, 0.5) is 0 Å². The van der Waals surface area contributed by atoms with E-state index in [1.54, 1.807) is 12.1 Å². The van der Waals surface area contributed by atoms with E-state index < -0.39 is 0 Å². The van der Waals surface area contributed by atoms with E-state index >= 15 is 0 Å². The van der Waals surface area contributed by atoms with Crippen molar-refractivity contribution in [2.75, 3.05) is 6.61 Å². The third-order valence-corrected chi connectivity index (χ3v) is 3.24.